The van der Waals surface area contributed by atoms with Gasteiger partial charge in [0.2, 0.25) is 0 Å². The largest absolute Gasteiger partial charge is 2.00 e. The fraction of sp³-hybridized carbons (Fsp3) is 0. The molecule has 0 amide bonds. The van der Waals surface area contributed by atoms with Crippen LogP contribution < -0.4 is 10.2 Å². The first-order valence-electron chi connectivity index (χ1n) is 1.44. The van der Waals surface area contributed by atoms with Gasteiger partial charge >= 0.3 is 16.8 Å². The van der Waals surface area contributed by atoms with Crippen LogP contribution >= 0.6 is 0 Å². The van der Waals surface area contributed by atoms with Crippen molar-refractivity contribution in [1.29, 1.82) is 0 Å². The molecule has 0 aromatic heterocycles. The van der Waals surface area contributed by atoms with Crippen LogP contribution in [-0.4, -0.2) is 24.5 Å². The normalized spacial score (nSPS) is 3.60. The summed E-state index contributed by atoms with van der Waals surface area (Å²) >= 11 is 0. The van der Waals surface area contributed by atoms with E-state index in [9.17, 15) is 0 Å². The summed E-state index contributed by atoms with van der Waals surface area (Å²) in [5.74, 6) is 0. The Labute approximate surface area is 66.7 Å². The first-order valence-corrected chi connectivity index (χ1v) is 1.44. The van der Waals surface area contributed by atoms with Crippen molar-refractivity contribution in [2.24, 2.45) is 0 Å². The molecule has 0 spiro atoms. The molecule has 0 saturated heterocycles. The zero-order valence-corrected chi connectivity index (χ0v) is 5.59. The third-order valence-electron chi connectivity index (χ3n) is 0. The van der Waals surface area contributed by atoms with Gasteiger partial charge in [-0.15, -0.1) is 0 Å². The molecule has 0 aromatic rings. The molecule has 6 nitrogen and oxygen atoms in total. The molecule has 0 fully saturated rings. The van der Waals surface area contributed by atoms with Crippen molar-refractivity contribution < 1.29 is 46.5 Å². The minimum Gasteiger partial charge on any atom is -0.554 e. The van der Waals surface area contributed by atoms with Crippen LogP contribution in [0.25, 0.3) is 0 Å². The van der Waals surface area contributed by atoms with Gasteiger partial charge in [-0.2, -0.15) is 0 Å². The predicted molar refractivity (Wildman–Crippen MR) is 20.8 cm³/mol. The monoisotopic (exact) mass is 195 g/mol. The minimum atomic E-state index is -0.500. The van der Waals surface area contributed by atoms with Crippen molar-refractivity contribution in [2.75, 3.05) is 0 Å². The smallest absolute Gasteiger partial charge is 0.554 e. The summed E-state index contributed by atoms with van der Waals surface area (Å²) in [4.78, 5) is 24.9. The molecule has 0 atom stereocenters. The van der Waals surface area contributed by atoms with Gasteiger partial charge in [-0.1, -0.05) is 0 Å². The number of hydrogen-bond donors (Lipinski definition) is 1. The Morgan fingerprint density at radius 2 is 1.00 bits per heavy atom. The number of hydrogen-bond acceptors (Lipinski definition) is 5. The summed E-state index contributed by atoms with van der Waals surface area (Å²) in [5.41, 5.74) is 0. The summed E-state index contributed by atoms with van der Waals surface area (Å²) in [6.07, 6.45) is 0. The Balaban J connectivity index is -0.0000000257. The molecule has 1 radical (unpaired) electrons. The Bertz CT molecular complexity index is 49.7. The Morgan fingerprint density at radius 1 is 1.00 bits per heavy atom. The van der Waals surface area contributed by atoms with Gasteiger partial charge in [0, 0.05) is 12.9 Å². The molecule has 0 aliphatic carbocycles. The number of rotatable bonds is 0. The molecular formula is C3H4CoO6. The molecule has 0 bridgehead atoms. The molecule has 7 heteroatoms. The molecule has 0 aliphatic heterocycles. The van der Waals surface area contributed by atoms with Crippen LogP contribution in [0.5, 0.6) is 0 Å². The topological polar surface area (TPSA) is 118 Å². The molecule has 0 unspecified atom stereocenters. The van der Waals surface area contributed by atoms with Crippen LogP contribution in [0.4, 0.5) is 0 Å². The summed E-state index contributed by atoms with van der Waals surface area (Å²) in [5, 5.41) is 23.4. The van der Waals surface area contributed by atoms with Gasteiger partial charge in [0.25, 0.3) is 6.47 Å². The third-order valence-corrected chi connectivity index (χ3v) is 0. The second kappa shape index (κ2) is 103. The van der Waals surface area contributed by atoms with Crippen LogP contribution in [-0.2, 0) is 31.2 Å². The molecule has 0 heterocycles. The summed E-state index contributed by atoms with van der Waals surface area (Å²) in [6.45, 7) is -1.25. The second-order valence-corrected chi connectivity index (χ2v) is 0.298. The predicted octanol–water partition coefficient (Wildman–Crippen LogP) is -3.57. The van der Waals surface area contributed by atoms with Crippen LogP contribution in [0, 0.1) is 0 Å². The maximum absolute atomic E-state index is 8.36. The van der Waals surface area contributed by atoms with Crippen LogP contribution in [0.2, 0.25) is 0 Å². The van der Waals surface area contributed by atoms with Crippen LogP contribution in [0.15, 0.2) is 0 Å². The average molecular weight is 195 g/mol. The van der Waals surface area contributed by atoms with Gasteiger partial charge in [-0.3, -0.25) is 4.79 Å². The second-order valence-electron chi connectivity index (χ2n) is 0.298. The maximum Gasteiger partial charge on any atom is 2.00 e. The Morgan fingerprint density at radius 3 is 1.00 bits per heavy atom. The van der Waals surface area contributed by atoms with E-state index in [0.29, 0.717) is 0 Å². The first kappa shape index (κ1) is 23.1. The van der Waals surface area contributed by atoms with E-state index >= 15 is 0 Å². The standard InChI is InChI=1S/3CH2O2.Co/c3*2-1-3;/h3*1H,(H,2,3);/q;;;+2/p-2. The fourth-order valence-electron chi connectivity index (χ4n) is 0. The van der Waals surface area contributed by atoms with Crippen molar-refractivity contribution in [3.63, 3.8) is 0 Å². The van der Waals surface area contributed by atoms with E-state index in [1.165, 1.54) is 0 Å². The summed E-state index contributed by atoms with van der Waals surface area (Å²) in [6, 6.07) is 0. The van der Waals surface area contributed by atoms with E-state index in [1.807, 2.05) is 0 Å². The van der Waals surface area contributed by atoms with E-state index in [1.54, 1.807) is 0 Å². The molecule has 1 N–H and O–H groups in total. The van der Waals surface area contributed by atoms with Crippen molar-refractivity contribution in [1.82, 2.24) is 0 Å². The number of carbonyl (C=O) groups is 3. The molecule has 0 aromatic carbocycles. The molecule has 0 aliphatic rings. The summed E-state index contributed by atoms with van der Waals surface area (Å²) in [7, 11) is 0. The van der Waals surface area contributed by atoms with Gasteiger partial charge in [-0.05, 0) is 0 Å². The number of carboxylic acid groups (broad SMARTS) is 3. The van der Waals surface area contributed by atoms with E-state index in [2.05, 4.69) is 0 Å². The van der Waals surface area contributed by atoms with E-state index < -0.39 is 12.9 Å². The molecule has 61 valence electrons. The van der Waals surface area contributed by atoms with Gasteiger partial charge < -0.3 is 24.9 Å². The fourth-order valence-corrected chi connectivity index (χ4v) is 0. The van der Waals surface area contributed by atoms with Crippen molar-refractivity contribution >= 4 is 19.4 Å². The zero-order valence-electron chi connectivity index (χ0n) is 4.55. The molecule has 0 rings (SSSR count). The Kier molecular flexibility index (Phi) is 238. The number of carbonyl (C=O) groups excluding carboxylic acids is 2. The molecule has 10 heavy (non-hydrogen) atoms. The van der Waals surface area contributed by atoms with Gasteiger partial charge in [0.1, 0.15) is 0 Å². The summed E-state index contributed by atoms with van der Waals surface area (Å²) < 4.78 is 0. The van der Waals surface area contributed by atoms with E-state index in [4.69, 9.17) is 29.7 Å². The van der Waals surface area contributed by atoms with Gasteiger partial charge in [0.05, 0.1) is 0 Å². The van der Waals surface area contributed by atoms with Crippen LogP contribution in [0.3, 0.4) is 0 Å². The minimum absolute atomic E-state index is 0. The van der Waals surface area contributed by atoms with Gasteiger partial charge in [-0.25, -0.2) is 0 Å². The van der Waals surface area contributed by atoms with E-state index in [0.717, 1.165) is 0 Å². The zero-order chi connectivity index (χ0) is 8.12. The van der Waals surface area contributed by atoms with E-state index in [-0.39, 0.29) is 23.3 Å². The molecular weight excluding hydrogens is 191 g/mol. The van der Waals surface area contributed by atoms with Crippen molar-refractivity contribution in [2.45, 2.75) is 0 Å². The quantitative estimate of drug-likeness (QED) is 0.399. The maximum atomic E-state index is 8.36. The van der Waals surface area contributed by atoms with Crippen LogP contribution in [0.1, 0.15) is 0 Å². The van der Waals surface area contributed by atoms with Crippen molar-refractivity contribution in [3.05, 3.63) is 0 Å². The van der Waals surface area contributed by atoms with Crippen molar-refractivity contribution in [3.8, 4) is 0 Å². The molecule has 0 saturated carbocycles. The SMILES string of the molecule is O=CO.O=C[O-].O=C[O-].[Co+2]. The van der Waals surface area contributed by atoms with Gasteiger partial charge in [0.15, 0.2) is 0 Å². The average Bonchev–Trinajstić information content (AvgIpc) is 1.70. The Hall–Kier alpha value is -1.08. The third kappa shape index (κ3) is 206. The first-order chi connectivity index (χ1) is 4.24.